The second-order valence-electron chi connectivity index (χ2n) is 5.39. The lowest BCUT2D eigenvalue weighted by Crippen LogP contribution is -2.20. The van der Waals surface area contributed by atoms with Crippen LogP contribution in [-0.4, -0.2) is 24.2 Å². The molecular formula is C17H15N3OS2. The zero-order valence-electron chi connectivity index (χ0n) is 12.6. The number of thiophene rings is 1. The highest BCUT2D eigenvalue weighted by Crippen LogP contribution is 2.43. The van der Waals surface area contributed by atoms with Gasteiger partial charge in [-0.3, -0.25) is 9.79 Å². The van der Waals surface area contributed by atoms with Gasteiger partial charge in [0, 0.05) is 28.1 Å². The molecule has 1 aromatic carbocycles. The van der Waals surface area contributed by atoms with E-state index in [0.717, 1.165) is 40.1 Å². The molecule has 0 spiro atoms. The Morgan fingerprint density at radius 3 is 3.13 bits per heavy atom. The number of allylic oxidation sites excluding steroid dienone is 1. The van der Waals surface area contributed by atoms with Crippen molar-refractivity contribution in [3.8, 4) is 0 Å². The summed E-state index contributed by atoms with van der Waals surface area (Å²) in [4.78, 5) is 21.2. The number of aliphatic imine (C=N–C) groups is 1. The zero-order chi connectivity index (χ0) is 15.8. The molecule has 0 bridgehead atoms. The molecule has 23 heavy (non-hydrogen) atoms. The lowest BCUT2D eigenvalue weighted by molar-refractivity contribution is -0.111. The average Bonchev–Trinajstić information content (AvgIpc) is 3.24. The quantitative estimate of drug-likeness (QED) is 0.856. The molecule has 6 heteroatoms. The molecule has 4 rings (SSSR count). The molecule has 0 fully saturated rings. The molecule has 0 atom stereocenters. The number of amides is 1. The summed E-state index contributed by atoms with van der Waals surface area (Å²) in [5.74, 6) is -0.100. The number of rotatable bonds is 3. The molecule has 0 saturated carbocycles. The van der Waals surface area contributed by atoms with Gasteiger partial charge < -0.3 is 10.2 Å². The van der Waals surface area contributed by atoms with Crippen molar-refractivity contribution in [2.75, 3.05) is 23.3 Å². The molecule has 0 radical (unpaired) electrons. The maximum Gasteiger partial charge on any atom is 0.248 e. The number of anilines is 2. The molecule has 0 saturated heterocycles. The molecule has 1 aromatic heterocycles. The summed E-state index contributed by atoms with van der Waals surface area (Å²) in [6.45, 7) is 3.73. The predicted molar refractivity (Wildman–Crippen MR) is 98.5 cm³/mol. The Morgan fingerprint density at radius 1 is 1.39 bits per heavy atom. The van der Waals surface area contributed by atoms with E-state index in [-0.39, 0.29) is 5.91 Å². The fourth-order valence-electron chi connectivity index (χ4n) is 2.68. The molecule has 3 heterocycles. The summed E-state index contributed by atoms with van der Waals surface area (Å²) in [6.07, 6.45) is 1.65. The van der Waals surface area contributed by atoms with Gasteiger partial charge in [-0.2, -0.15) is 0 Å². The van der Waals surface area contributed by atoms with Gasteiger partial charge in [-0.25, -0.2) is 0 Å². The number of hydrogen-bond donors (Lipinski definition) is 1. The van der Waals surface area contributed by atoms with Gasteiger partial charge in [-0.05, 0) is 53.9 Å². The van der Waals surface area contributed by atoms with Gasteiger partial charge in [-0.15, -0.1) is 11.3 Å². The molecule has 1 N–H and O–H groups in total. The zero-order valence-corrected chi connectivity index (χ0v) is 14.2. The molecule has 2 aliphatic rings. The van der Waals surface area contributed by atoms with Crippen molar-refractivity contribution in [3.63, 3.8) is 0 Å². The minimum absolute atomic E-state index is 0.100. The topological polar surface area (TPSA) is 44.7 Å². The van der Waals surface area contributed by atoms with Gasteiger partial charge in [0.15, 0.2) is 5.17 Å². The van der Waals surface area contributed by atoms with Crippen LogP contribution in [0.2, 0.25) is 0 Å². The number of carbonyl (C=O) groups excluding carboxylic acids is 1. The van der Waals surface area contributed by atoms with Crippen LogP contribution in [0.15, 0.2) is 51.7 Å². The summed E-state index contributed by atoms with van der Waals surface area (Å²) in [5.41, 5.74) is 2.93. The Balaban J connectivity index is 1.52. The maximum absolute atomic E-state index is 12.2. The number of hydrogen-bond acceptors (Lipinski definition) is 5. The Labute approximate surface area is 142 Å². The van der Waals surface area contributed by atoms with E-state index in [1.807, 2.05) is 42.6 Å². The monoisotopic (exact) mass is 341 g/mol. The van der Waals surface area contributed by atoms with Crippen molar-refractivity contribution >= 4 is 51.1 Å². The van der Waals surface area contributed by atoms with Crippen molar-refractivity contribution in [3.05, 3.63) is 46.7 Å². The predicted octanol–water partition coefficient (Wildman–Crippen LogP) is 4.07. The van der Waals surface area contributed by atoms with Crippen molar-refractivity contribution in [2.45, 2.75) is 11.8 Å². The number of carbonyl (C=O) groups is 1. The van der Waals surface area contributed by atoms with Gasteiger partial charge in [0.25, 0.3) is 0 Å². The Kier molecular flexibility index (Phi) is 3.71. The van der Waals surface area contributed by atoms with Crippen molar-refractivity contribution in [2.24, 2.45) is 4.99 Å². The minimum atomic E-state index is -0.100. The highest BCUT2D eigenvalue weighted by Gasteiger charge is 2.29. The number of thioether (sulfide) groups is 1. The standard InChI is InChI=1S/C17H15N3OS2/c1-11(14-3-2-8-22-14)9-16(21)19-12-4-5-15-13(10-12)20-7-6-18-17(20)23-15/h2-5,8-10H,6-7H2,1H3,(H,19,21). The molecule has 2 aliphatic heterocycles. The summed E-state index contributed by atoms with van der Waals surface area (Å²) >= 11 is 3.33. The van der Waals surface area contributed by atoms with Crippen LogP contribution in [0, 0.1) is 0 Å². The Hall–Kier alpha value is -2.05. The van der Waals surface area contributed by atoms with E-state index in [2.05, 4.69) is 15.2 Å². The van der Waals surface area contributed by atoms with E-state index < -0.39 is 0 Å². The first-order valence-electron chi connectivity index (χ1n) is 7.38. The van der Waals surface area contributed by atoms with E-state index in [0.29, 0.717) is 0 Å². The van der Waals surface area contributed by atoms with E-state index >= 15 is 0 Å². The van der Waals surface area contributed by atoms with E-state index in [1.54, 1.807) is 29.2 Å². The molecule has 4 nitrogen and oxygen atoms in total. The molecule has 0 unspecified atom stereocenters. The fourth-order valence-corrected chi connectivity index (χ4v) is 4.45. The average molecular weight is 341 g/mol. The summed E-state index contributed by atoms with van der Waals surface area (Å²) in [7, 11) is 0. The lowest BCUT2D eigenvalue weighted by Gasteiger charge is -2.13. The minimum Gasteiger partial charge on any atom is -0.322 e. The summed E-state index contributed by atoms with van der Waals surface area (Å²) < 4.78 is 0. The first kappa shape index (κ1) is 14.5. The molecular weight excluding hydrogens is 326 g/mol. The van der Waals surface area contributed by atoms with Gasteiger partial charge >= 0.3 is 0 Å². The van der Waals surface area contributed by atoms with Gasteiger partial charge in [0.1, 0.15) is 0 Å². The largest absolute Gasteiger partial charge is 0.322 e. The van der Waals surface area contributed by atoms with Crippen LogP contribution in [-0.2, 0) is 4.79 Å². The highest BCUT2D eigenvalue weighted by molar-refractivity contribution is 8.14. The third kappa shape index (κ3) is 2.80. The summed E-state index contributed by atoms with van der Waals surface area (Å²) in [5, 5.41) is 6.04. The number of fused-ring (bicyclic) bond motifs is 3. The van der Waals surface area contributed by atoms with E-state index in [4.69, 9.17) is 0 Å². The van der Waals surface area contributed by atoms with Crippen LogP contribution in [0.25, 0.3) is 5.57 Å². The lowest BCUT2D eigenvalue weighted by atomic mass is 10.2. The normalized spacial score (nSPS) is 16.1. The molecule has 1 amide bonds. The molecule has 0 aliphatic carbocycles. The molecule has 2 aromatic rings. The second-order valence-corrected chi connectivity index (χ2v) is 7.35. The Morgan fingerprint density at radius 2 is 2.30 bits per heavy atom. The second kappa shape index (κ2) is 5.86. The number of benzene rings is 1. The van der Waals surface area contributed by atoms with Crippen LogP contribution in [0.1, 0.15) is 11.8 Å². The van der Waals surface area contributed by atoms with E-state index in [9.17, 15) is 4.79 Å². The number of nitrogens with zero attached hydrogens (tertiary/aromatic N) is 2. The first-order valence-corrected chi connectivity index (χ1v) is 9.07. The highest BCUT2D eigenvalue weighted by atomic mass is 32.2. The maximum atomic E-state index is 12.2. The van der Waals surface area contributed by atoms with Crippen molar-refractivity contribution < 1.29 is 4.79 Å². The van der Waals surface area contributed by atoms with Crippen LogP contribution >= 0.6 is 23.1 Å². The van der Waals surface area contributed by atoms with Crippen molar-refractivity contribution in [1.29, 1.82) is 0 Å². The van der Waals surface area contributed by atoms with Gasteiger partial charge in [0.2, 0.25) is 5.91 Å². The smallest absolute Gasteiger partial charge is 0.248 e. The third-order valence-corrected chi connectivity index (χ3v) is 5.88. The van der Waals surface area contributed by atoms with Crippen LogP contribution in [0.3, 0.4) is 0 Å². The summed E-state index contributed by atoms with van der Waals surface area (Å²) in [6, 6.07) is 10.0. The fraction of sp³-hybridized carbons (Fsp3) is 0.176. The van der Waals surface area contributed by atoms with Crippen molar-refractivity contribution in [1.82, 2.24) is 0 Å². The third-order valence-electron chi connectivity index (χ3n) is 3.78. The van der Waals surface area contributed by atoms with Gasteiger partial charge in [0.05, 0.1) is 12.2 Å². The van der Waals surface area contributed by atoms with Gasteiger partial charge in [-0.1, -0.05) is 6.07 Å². The Bertz CT molecular complexity index is 824. The number of nitrogens with one attached hydrogen (secondary N) is 1. The molecule has 116 valence electrons. The van der Waals surface area contributed by atoms with E-state index in [1.165, 1.54) is 4.90 Å². The number of amidine groups is 1. The van der Waals surface area contributed by atoms with Crippen LogP contribution in [0.4, 0.5) is 11.4 Å². The van der Waals surface area contributed by atoms with Crippen LogP contribution in [0.5, 0.6) is 0 Å². The first-order chi connectivity index (χ1) is 11.2. The SMILES string of the molecule is CC(=CC(=O)Nc1ccc2c(c1)N1CCN=C1S2)c1cccs1. The van der Waals surface area contributed by atoms with Crippen LogP contribution < -0.4 is 10.2 Å².